The first-order valence-electron chi connectivity index (χ1n) is 6.78. The van der Waals surface area contributed by atoms with Crippen molar-refractivity contribution in [2.24, 2.45) is 0 Å². The number of benzene rings is 1. The van der Waals surface area contributed by atoms with Crippen LogP contribution >= 0.6 is 34.7 Å². The van der Waals surface area contributed by atoms with E-state index in [2.05, 4.69) is 15.5 Å². The quantitative estimate of drug-likeness (QED) is 0.892. The molecule has 0 spiro atoms. The van der Waals surface area contributed by atoms with Gasteiger partial charge in [0.05, 0.1) is 0 Å². The zero-order chi connectivity index (χ0) is 14.7. The van der Waals surface area contributed by atoms with Gasteiger partial charge in [-0.1, -0.05) is 24.2 Å². The second-order valence-electron chi connectivity index (χ2n) is 4.86. The number of carbonyl (C=O) groups is 1. The lowest BCUT2D eigenvalue weighted by Crippen LogP contribution is -2.11. The lowest BCUT2D eigenvalue weighted by molar-refractivity contribution is 0.102. The molecule has 0 unspecified atom stereocenters. The molecule has 0 atom stereocenters. The first kappa shape index (κ1) is 14.8. The first-order chi connectivity index (χ1) is 10.2. The highest BCUT2D eigenvalue weighted by molar-refractivity contribution is 8.00. The third-order valence-corrected chi connectivity index (χ3v) is 5.68. The van der Waals surface area contributed by atoms with Gasteiger partial charge in [-0.25, -0.2) is 0 Å². The van der Waals surface area contributed by atoms with E-state index in [1.807, 2.05) is 36.0 Å². The van der Waals surface area contributed by atoms with Crippen molar-refractivity contribution in [2.45, 2.75) is 35.8 Å². The number of thioether (sulfide) groups is 1. The van der Waals surface area contributed by atoms with Crippen molar-refractivity contribution in [1.29, 1.82) is 0 Å². The smallest absolute Gasteiger partial charge is 0.286 e. The van der Waals surface area contributed by atoms with Crippen LogP contribution in [-0.4, -0.2) is 21.4 Å². The highest BCUT2D eigenvalue weighted by atomic mass is 35.5. The number of carbonyl (C=O) groups excluding carboxylic acids is 1. The van der Waals surface area contributed by atoms with Crippen LogP contribution in [-0.2, 0) is 0 Å². The number of hydrogen-bond donors (Lipinski definition) is 1. The van der Waals surface area contributed by atoms with Crippen LogP contribution < -0.4 is 5.32 Å². The Hall–Kier alpha value is -1.11. The summed E-state index contributed by atoms with van der Waals surface area (Å²) >= 11 is 8.67. The van der Waals surface area contributed by atoms with Crippen LogP contribution in [0.4, 0.5) is 5.69 Å². The summed E-state index contributed by atoms with van der Waals surface area (Å²) < 4.78 is 0.267. The van der Waals surface area contributed by atoms with Crippen LogP contribution in [0.3, 0.4) is 0 Å². The van der Waals surface area contributed by atoms with Crippen LogP contribution in [0.1, 0.15) is 35.5 Å². The van der Waals surface area contributed by atoms with Gasteiger partial charge in [-0.15, -0.1) is 22.0 Å². The molecule has 1 saturated carbocycles. The molecule has 21 heavy (non-hydrogen) atoms. The molecule has 1 heterocycles. The Kier molecular flexibility index (Phi) is 4.77. The number of aromatic nitrogens is 2. The second-order valence-corrected chi connectivity index (χ2v) is 7.80. The maximum Gasteiger partial charge on any atom is 0.286 e. The molecule has 0 saturated heterocycles. The summed E-state index contributed by atoms with van der Waals surface area (Å²) in [4.78, 5) is 13.2. The second kappa shape index (κ2) is 6.77. The van der Waals surface area contributed by atoms with Crippen molar-refractivity contribution in [3.05, 3.63) is 33.7 Å². The van der Waals surface area contributed by atoms with Crippen molar-refractivity contribution in [3.8, 4) is 0 Å². The summed E-state index contributed by atoms with van der Waals surface area (Å²) in [6, 6.07) is 7.92. The molecule has 110 valence electrons. The van der Waals surface area contributed by atoms with Crippen molar-refractivity contribution >= 4 is 46.3 Å². The number of nitrogens with one attached hydrogen (secondary N) is 1. The summed E-state index contributed by atoms with van der Waals surface area (Å²) in [6.45, 7) is 0. The van der Waals surface area contributed by atoms with E-state index in [1.165, 1.54) is 30.6 Å². The molecule has 1 amide bonds. The van der Waals surface area contributed by atoms with Crippen molar-refractivity contribution in [2.75, 3.05) is 5.32 Å². The van der Waals surface area contributed by atoms with E-state index in [0.717, 1.165) is 22.3 Å². The summed E-state index contributed by atoms with van der Waals surface area (Å²) in [5.41, 5.74) is 0.752. The third kappa shape index (κ3) is 3.96. The van der Waals surface area contributed by atoms with E-state index in [9.17, 15) is 4.79 Å². The summed E-state index contributed by atoms with van der Waals surface area (Å²) in [5.74, 6) is -0.282. The monoisotopic (exact) mass is 339 g/mol. The average molecular weight is 340 g/mol. The van der Waals surface area contributed by atoms with Crippen LogP contribution in [0.5, 0.6) is 0 Å². The van der Waals surface area contributed by atoms with Gasteiger partial charge in [0.1, 0.15) is 0 Å². The molecular weight excluding hydrogens is 326 g/mol. The zero-order valence-corrected chi connectivity index (χ0v) is 13.6. The molecule has 1 aliphatic rings. The lowest BCUT2D eigenvalue weighted by Gasteiger charge is -2.09. The van der Waals surface area contributed by atoms with E-state index >= 15 is 0 Å². The molecule has 2 aromatic rings. The van der Waals surface area contributed by atoms with E-state index in [0.29, 0.717) is 0 Å². The number of amides is 1. The predicted octanol–water partition coefficient (Wildman–Crippen LogP) is 4.48. The van der Waals surface area contributed by atoms with Crippen LogP contribution in [0.25, 0.3) is 0 Å². The standard InChI is InChI=1S/C14H14ClN3OS2/c15-14-18-17-13(21-14)12(19)16-9-5-7-11(8-6-9)20-10-3-1-2-4-10/h5-8,10H,1-4H2,(H,16,19). The van der Waals surface area contributed by atoms with Crippen molar-refractivity contribution in [1.82, 2.24) is 10.2 Å². The van der Waals surface area contributed by atoms with Gasteiger partial charge in [0.15, 0.2) is 0 Å². The fraction of sp³-hybridized carbons (Fsp3) is 0.357. The number of rotatable bonds is 4. The van der Waals surface area contributed by atoms with Gasteiger partial charge in [0, 0.05) is 15.8 Å². The topological polar surface area (TPSA) is 54.9 Å². The molecule has 1 N–H and O–H groups in total. The SMILES string of the molecule is O=C(Nc1ccc(SC2CCCC2)cc1)c1nnc(Cl)s1. The Labute approximate surface area is 136 Å². The van der Waals surface area contributed by atoms with Gasteiger partial charge in [-0.2, -0.15) is 0 Å². The van der Waals surface area contributed by atoms with Gasteiger partial charge in [0.25, 0.3) is 5.91 Å². The van der Waals surface area contributed by atoms with Crippen molar-refractivity contribution in [3.63, 3.8) is 0 Å². The normalized spacial score (nSPS) is 15.3. The highest BCUT2D eigenvalue weighted by Crippen LogP contribution is 2.35. The molecule has 0 aliphatic heterocycles. The number of nitrogens with zero attached hydrogens (tertiary/aromatic N) is 2. The van der Waals surface area contributed by atoms with E-state index in [-0.39, 0.29) is 15.4 Å². The molecule has 4 nitrogen and oxygen atoms in total. The molecule has 0 bridgehead atoms. The minimum absolute atomic E-state index is 0.267. The molecular formula is C14H14ClN3OS2. The van der Waals surface area contributed by atoms with E-state index in [1.54, 1.807) is 0 Å². The van der Waals surface area contributed by atoms with Crippen molar-refractivity contribution < 1.29 is 4.79 Å². The zero-order valence-electron chi connectivity index (χ0n) is 11.2. The number of halogens is 1. The Balaban J connectivity index is 1.60. The molecule has 1 fully saturated rings. The Bertz CT molecular complexity index is 623. The predicted molar refractivity (Wildman–Crippen MR) is 87.4 cm³/mol. The lowest BCUT2D eigenvalue weighted by atomic mass is 10.3. The van der Waals surface area contributed by atoms with E-state index < -0.39 is 0 Å². The molecule has 1 aromatic heterocycles. The Morgan fingerprint density at radius 3 is 2.57 bits per heavy atom. The number of hydrogen-bond acceptors (Lipinski definition) is 5. The van der Waals surface area contributed by atoms with Gasteiger partial charge < -0.3 is 5.32 Å². The molecule has 0 radical (unpaired) electrons. The summed E-state index contributed by atoms with van der Waals surface area (Å²) in [5, 5.41) is 11.1. The maximum atomic E-state index is 11.9. The molecule has 7 heteroatoms. The minimum atomic E-state index is -0.282. The average Bonchev–Trinajstić information content (AvgIpc) is 3.12. The maximum absolute atomic E-state index is 11.9. The van der Waals surface area contributed by atoms with Gasteiger partial charge >= 0.3 is 0 Å². The van der Waals surface area contributed by atoms with Gasteiger partial charge in [-0.3, -0.25) is 4.79 Å². The third-order valence-electron chi connectivity index (χ3n) is 3.31. The van der Waals surface area contributed by atoms with Crippen LogP contribution in [0, 0.1) is 0 Å². The Morgan fingerprint density at radius 1 is 1.24 bits per heavy atom. The minimum Gasteiger partial charge on any atom is -0.320 e. The fourth-order valence-corrected chi connectivity index (χ4v) is 4.27. The Morgan fingerprint density at radius 2 is 1.95 bits per heavy atom. The van der Waals surface area contributed by atoms with Gasteiger partial charge in [-0.05, 0) is 48.7 Å². The summed E-state index contributed by atoms with van der Waals surface area (Å²) in [7, 11) is 0. The highest BCUT2D eigenvalue weighted by Gasteiger charge is 2.16. The molecule has 1 aliphatic carbocycles. The van der Waals surface area contributed by atoms with Crippen LogP contribution in [0.15, 0.2) is 29.2 Å². The summed E-state index contributed by atoms with van der Waals surface area (Å²) in [6.07, 6.45) is 5.30. The molecule has 3 rings (SSSR count). The fourth-order valence-electron chi connectivity index (χ4n) is 2.30. The number of anilines is 1. The largest absolute Gasteiger partial charge is 0.320 e. The molecule has 1 aromatic carbocycles. The van der Waals surface area contributed by atoms with E-state index in [4.69, 9.17) is 11.6 Å². The first-order valence-corrected chi connectivity index (χ1v) is 8.85. The van der Waals surface area contributed by atoms with Crippen LogP contribution in [0.2, 0.25) is 4.47 Å². The van der Waals surface area contributed by atoms with Gasteiger partial charge in [0.2, 0.25) is 9.47 Å².